The molecule has 0 spiro atoms. The van der Waals surface area contributed by atoms with Crippen LogP contribution in [0.2, 0.25) is 0 Å². The molecule has 0 amide bonds. The van der Waals surface area contributed by atoms with Crippen molar-refractivity contribution in [3.63, 3.8) is 0 Å². The summed E-state index contributed by atoms with van der Waals surface area (Å²) >= 11 is 1.03. The lowest BCUT2D eigenvalue weighted by Crippen LogP contribution is -2.14. The number of carbonyl (C=O) groups is 2. The molecule has 1 aromatic heterocycles. The van der Waals surface area contributed by atoms with Crippen LogP contribution in [0.3, 0.4) is 0 Å². The number of aromatic nitrogens is 2. The number of benzene rings is 3. The molecular weight excluding hydrogens is 520 g/mol. The van der Waals surface area contributed by atoms with Crippen molar-refractivity contribution in [3.05, 3.63) is 76.9 Å². The van der Waals surface area contributed by atoms with Gasteiger partial charge in [-0.25, -0.2) is 4.79 Å². The van der Waals surface area contributed by atoms with Gasteiger partial charge in [-0.3, -0.25) is 4.79 Å². The third-order valence-corrected chi connectivity index (χ3v) is 6.48. The molecule has 202 valence electrons. The summed E-state index contributed by atoms with van der Waals surface area (Å²) in [6, 6.07) is 15.0. The van der Waals surface area contributed by atoms with Gasteiger partial charge in [0.25, 0.3) is 0 Å². The predicted molar refractivity (Wildman–Crippen MR) is 148 cm³/mol. The Morgan fingerprint density at radius 2 is 1.46 bits per heavy atom. The van der Waals surface area contributed by atoms with Crippen molar-refractivity contribution in [2.45, 2.75) is 26.4 Å². The van der Waals surface area contributed by atoms with Crippen LogP contribution in [0.15, 0.2) is 60.2 Å². The maximum Gasteiger partial charge on any atom is 0.336 e. The topological polar surface area (TPSA) is 117 Å². The molecule has 0 aliphatic heterocycles. The van der Waals surface area contributed by atoms with Crippen LogP contribution in [0.1, 0.15) is 35.3 Å². The summed E-state index contributed by atoms with van der Waals surface area (Å²) in [5.41, 5.74) is 2.41. The van der Waals surface area contributed by atoms with Crippen molar-refractivity contribution in [3.8, 4) is 23.0 Å². The molecule has 0 saturated heterocycles. The molecule has 0 aliphatic rings. The molecule has 3 aromatic carbocycles. The molecule has 0 saturated carbocycles. The Balaban J connectivity index is 1.89. The summed E-state index contributed by atoms with van der Waals surface area (Å²) in [4.78, 5) is 26.7. The van der Waals surface area contributed by atoms with E-state index >= 15 is 0 Å². The number of ether oxygens (including phenoxy) is 4. The monoisotopic (exact) mass is 548 g/mol. The number of fused-ring (bicyclic) bond motifs is 1. The number of ketones is 1. The molecule has 10 heteroatoms. The number of carboxylic acid groups (broad SMARTS) is 1. The number of hydrogen-bond donors (Lipinski definition) is 1. The molecule has 0 bridgehead atoms. The van der Waals surface area contributed by atoms with Crippen molar-refractivity contribution in [1.29, 1.82) is 0 Å². The minimum absolute atomic E-state index is 0.0191. The number of aliphatic carboxylic acids is 1. The van der Waals surface area contributed by atoms with Gasteiger partial charge in [0, 0.05) is 17.6 Å². The number of Topliss-reactive ketones (excluding diaryl/α,β-unsaturated/α-hetero) is 1. The van der Waals surface area contributed by atoms with Gasteiger partial charge in [0.05, 0.1) is 44.7 Å². The van der Waals surface area contributed by atoms with Crippen LogP contribution in [0.5, 0.6) is 23.0 Å². The van der Waals surface area contributed by atoms with E-state index in [1.54, 1.807) is 54.6 Å². The van der Waals surface area contributed by atoms with E-state index in [1.807, 2.05) is 13.8 Å². The average molecular weight is 549 g/mol. The SMILES string of the molecule is COc1cc(C/C(C(=O)c2ccc(OC(C)C)cc2)=C(/C(=O)O)c2ccc3nsnc3c2)cc(OC)c1OC. The second-order valence-corrected chi connectivity index (χ2v) is 9.39. The Labute approximate surface area is 229 Å². The van der Waals surface area contributed by atoms with E-state index in [0.717, 1.165) is 11.7 Å². The zero-order chi connectivity index (χ0) is 28.1. The van der Waals surface area contributed by atoms with Gasteiger partial charge in [-0.15, -0.1) is 0 Å². The lowest BCUT2D eigenvalue weighted by Gasteiger charge is -2.17. The minimum Gasteiger partial charge on any atom is -0.493 e. The van der Waals surface area contributed by atoms with Crippen LogP contribution in [-0.4, -0.2) is 53.0 Å². The van der Waals surface area contributed by atoms with Crippen LogP contribution in [0.25, 0.3) is 16.6 Å². The van der Waals surface area contributed by atoms with Crippen molar-refractivity contribution in [2.75, 3.05) is 21.3 Å². The molecule has 4 aromatic rings. The van der Waals surface area contributed by atoms with Gasteiger partial charge < -0.3 is 24.1 Å². The molecule has 4 rings (SSSR count). The number of methoxy groups -OCH3 is 3. The first kappa shape index (κ1) is 27.6. The van der Waals surface area contributed by atoms with Crippen molar-refractivity contribution in [1.82, 2.24) is 8.75 Å². The zero-order valence-corrected chi connectivity index (χ0v) is 23.0. The summed E-state index contributed by atoms with van der Waals surface area (Å²) in [6.07, 6.45) is -0.0508. The minimum atomic E-state index is -1.24. The third-order valence-electron chi connectivity index (χ3n) is 5.93. The maximum atomic E-state index is 14.0. The summed E-state index contributed by atoms with van der Waals surface area (Å²) in [7, 11) is 4.47. The number of allylic oxidation sites excluding steroid dienone is 1. The van der Waals surface area contributed by atoms with E-state index in [1.165, 1.54) is 21.3 Å². The first-order valence-electron chi connectivity index (χ1n) is 12.0. The van der Waals surface area contributed by atoms with E-state index in [0.29, 0.717) is 50.7 Å². The van der Waals surface area contributed by atoms with Crippen molar-refractivity contribution < 1.29 is 33.6 Å². The lowest BCUT2D eigenvalue weighted by atomic mass is 9.89. The molecule has 1 heterocycles. The zero-order valence-electron chi connectivity index (χ0n) is 22.2. The number of rotatable bonds is 11. The standard InChI is InChI=1S/C29H28N2O7S/c1-16(2)38-20-9-6-18(7-10-20)27(32)21(12-17-13-24(35-3)28(37-5)25(14-17)36-4)26(29(33)34)19-8-11-22-23(15-19)31-39-30-22/h6-11,13-16H,12H2,1-5H3,(H,33,34)/b26-21-. The molecule has 0 fully saturated rings. The van der Waals surface area contributed by atoms with E-state index in [-0.39, 0.29) is 23.7 Å². The summed E-state index contributed by atoms with van der Waals surface area (Å²) in [5, 5.41) is 10.4. The largest absolute Gasteiger partial charge is 0.493 e. The Morgan fingerprint density at radius 3 is 2.03 bits per heavy atom. The number of hydrogen-bond acceptors (Lipinski definition) is 9. The summed E-state index contributed by atoms with van der Waals surface area (Å²) in [6.45, 7) is 3.82. The Morgan fingerprint density at radius 1 is 0.846 bits per heavy atom. The van der Waals surface area contributed by atoms with E-state index in [9.17, 15) is 14.7 Å². The van der Waals surface area contributed by atoms with Crippen LogP contribution in [0, 0.1) is 0 Å². The lowest BCUT2D eigenvalue weighted by molar-refractivity contribution is -0.130. The van der Waals surface area contributed by atoms with E-state index in [4.69, 9.17) is 18.9 Å². The molecular formula is C29H28N2O7S. The van der Waals surface area contributed by atoms with Gasteiger partial charge in [0.1, 0.15) is 16.8 Å². The highest BCUT2D eigenvalue weighted by Gasteiger charge is 2.26. The highest BCUT2D eigenvalue weighted by molar-refractivity contribution is 7.00. The first-order chi connectivity index (χ1) is 18.7. The molecule has 0 atom stereocenters. The quantitative estimate of drug-likeness (QED) is 0.192. The summed E-state index contributed by atoms with van der Waals surface area (Å²) in [5.74, 6) is 0.0983. The van der Waals surface area contributed by atoms with Gasteiger partial charge in [0.2, 0.25) is 5.75 Å². The Hall–Kier alpha value is -4.44. The number of carboxylic acids is 1. The van der Waals surface area contributed by atoms with E-state index in [2.05, 4.69) is 8.75 Å². The fraction of sp³-hybridized carbons (Fsp3) is 0.241. The number of nitrogens with zero attached hydrogens (tertiary/aromatic N) is 2. The second-order valence-electron chi connectivity index (χ2n) is 8.86. The molecule has 1 N–H and O–H groups in total. The average Bonchev–Trinajstić information content (AvgIpc) is 3.39. The molecule has 0 unspecified atom stereocenters. The normalized spacial score (nSPS) is 11.7. The van der Waals surface area contributed by atoms with Gasteiger partial charge >= 0.3 is 5.97 Å². The molecule has 39 heavy (non-hydrogen) atoms. The van der Waals surface area contributed by atoms with Gasteiger partial charge in [-0.05, 0) is 73.5 Å². The van der Waals surface area contributed by atoms with Crippen molar-refractivity contribution >= 4 is 40.1 Å². The predicted octanol–water partition coefficient (Wildman–Crippen LogP) is 5.47. The first-order valence-corrected chi connectivity index (χ1v) is 12.8. The van der Waals surface area contributed by atoms with Crippen LogP contribution >= 0.6 is 11.7 Å². The maximum absolute atomic E-state index is 14.0. The fourth-order valence-corrected chi connectivity index (χ4v) is 4.74. The Kier molecular flexibility index (Phi) is 8.46. The fourth-order valence-electron chi connectivity index (χ4n) is 4.22. The smallest absolute Gasteiger partial charge is 0.336 e. The van der Waals surface area contributed by atoms with E-state index < -0.39 is 11.8 Å². The molecule has 9 nitrogen and oxygen atoms in total. The summed E-state index contributed by atoms with van der Waals surface area (Å²) < 4.78 is 30.5. The molecule has 0 radical (unpaired) electrons. The second kappa shape index (κ2) is 12.0. The highest BCUT2D eigenvalue weighted by Crippen LogP contribution is 2.39. The van der Waals surface area contributed by atoms with Crippen molar-refractivity contribution in [2.24, 2.45) is 0 Å². The molecule has 0 aliphatic carbocycles. The Bertz CT molecular complexity index is 1520. The van der Waals surface area contributed by atoms with Crippen LogP contribution in [-0.2, 0) is 11.2 Å². The third kappa shape index (κ3) is 6.01. The van der Waals surface area contributed by atoms with Gasteiger partial charge in [-0.2, -0.15) is 8.75 Å². The van der Waals surface area contributed by atoms with Crippen LogP contribution in [0.4, 0.5) is 0 Å². The number of carbonyl (C=O) groups excluding carboxylic acids is 1. The van der Waals surface area contributed by atoms with Gasteiger partial charge in [-0.1, -0.05) is 6.07 Å². The van der Waals surface area contributed by atoms with Gasteiger partial charge in [0.15, 0.2) is 17.3 Å². The van der Waals surface area contributed by atoms with Crippen LogP contribution < -0.4 is 18.9 Å². The highest BCUT2D eigenvalue weighted by atomic mass is 32.1.